The molecule has 1 aliphatic heterocycles. The van der Waals surface area contributed by atoms with Crippen LogP contribution in [0.25, 0.3) is 0 Å². The van der Waals surface area contributed by atoms with Gasteiger partial charge in [0.2, 0.25) is 0 Å². The van der Waals surface area contributed by atoms with Gasteiger partial charge in [0.25, 0.3) is 0 Å². The van der Waals surface area contributed by atoms with Crippen LogP contribution in [0, 0.1) is 0 Å². The largest absolute Gasteiger partial charge is 0.454 e. The Kier molecular flexibility index (Phi) is 6.07. The number of nitrogens with zero attached hydrogens (tertiary/aromatic N) is 1. The molecule has 0 amide bonds. The highest BCUT2D eigenvalue weighted by Crippen LogP contribution is 2.34. The molecule has 0 spiro atoms. The molecule has 23 heavy (non-hydrogen) atoms. The number of hydrogen-bond donors (Lipinski definition) is 2. The lowest BCUT2D eigenvalue weighted by Gasteiger charge is -2.24. The number of rotatable bonds is 5. The molecule has 0 bridgehead atoms. The summed E-state index contributed by atoms with van der Waals surface area (Å²) in [5.74, 6) is 1.01. The van der Waals surface area contributed by atoms with E-state index in [2.05, 4.69) is 17.0 Å². The number of furan rings is 1. The topological polar surface area (TPSA) is 56.8 Å². The Labute approximate surface area is 143 Å². The summed E-state index contributed by atoms with van der Waals surface area (Å²) in [4.78, 5) is 2.32. The monoisotopic (exact) mass is 339 g/mol. The molecule has 1 unspecified atom stereocenters. The van der Waals surface area contributed by atoms with E-state index in [1.165, 1.54) is 32.1 Å². The third-order valence-electron chi connectivity index (χ3n) is 5.16. The normalized spacial score (nSPS) is 27.9. The lowest BCUT2D eigenvalue weighted by Crippen LogP contribution is -2.34. The zero-order valence-corrected chi connectivity index (χ0v) is 14.7. The van der Waals surface area contributed by atoms with Gasteiger partial charge in [-0.2, -0.15) is 0 Å². The van der Waals surface area contributed by atoms with Crippen LogP contribution in [0.4, 0.5) is 0 Å². The van der Waals surface area contributed by atoms with Crippen LogP contribution < -0.4 is 0 Å². The maximum atomic E-state index is 10.2. The summed E-state index contributed by atoms with van der Waals surface area (Å²) < 4.78 is 6.02. The van der Waals surface area contributed by atoms with Crippen molar-refractivity contribution >= 4 is 11.8 Å². The average molecular weight is 340 g/mol. The molecule has 1 atom stereocenters. The molecule has 1 aromatic rings. The van der Waals surface area contributed by atoms with Crippen molar-refractivity contribution in [2.75, 3.05) is 19.7 Å². The molecule has 2 aliphatic rings. The minimum absolute atomic E-state index is 0.135. The van der Waals surface area contributed by atoms with Crippen LogP contribution in [0.1, 0.15) is 57.1 Å². The predicted molar refractivity (Wildman–Crippen MR) is 92.6 cm³/mol. The summed E-state index contributed by atoms with van der Waals surface area (Å²) in [6, 6.07) is 4.20. The summed E-state index contributed by atoms with van der Waals surface area (Å²) in [6.07, 6.45) is 8.95. The first kappa shape index (κ1) is 17.3. The molecule has 1 aliphatic carbocycles. The quantitative estimate of drug-likeness (QED) is 0.861. The maximum absolute atomic E-state index is 10.2. The molecule has 1 aromatic heterocycles. The van der Waals surface area contributed by atoms with Gasteiger partial charge in [-0.3, -0.25) is 4.90 Å². The first-order chi connectivity index (χ1) is 11.2. The van der Waals surface area contributed by atoms with Crippen LogP contribution in [0.5, 0.6) is 0 Å². The maximum Gasteiger partial charge on any atom is 0.160 e. The van der Waals surface area contributed by atoms with Crippen molar-refractivity contribution in [2.45, 2.75) is 73.9 Å². The summed E-state index contributed by atoms with van der Waals surface area (Å²) in [6.45, 7) is 2.42. The van der Waals surface area contributed by atoms with Gasteiger partial charge in [0, 0.05) is 11.8 Å². The zero-order chi connectivity index (χ0) is 16.1. The molecule has 1 saturated carbocycles. The molecule has 2 heterocycles. The number of thioether (sulfide) groups is 1. The molecule has 3 rings (SSSR count). The van der Waals surface area contributed by atoms with Crippen LogP contribution in [0.2, 0.25) is 0 Å². The Bertz CT molecular complexity index is 486. The summed E-state index contributed by atoms with van der Waals surface area (Å²) in [5.41, 5.74) is -0.889. The van der Waals surface area contributed by atoms with Crippen LogP contribution in [-0.4, -0.2) is 45.7 Å². The molecule has 2 N–H and O–H groups in total. The number of hydrogen-bond acceptors (Lipinski definition) is 5. The van der Waals surface area contributed by atoms with E-state index in [0.717, 1.165) is 42.2 Å². The molecule has 0 aromatic carbocycles. The fraction of sp³-hybridized carbons (Fsp3) is 0.778. The minimum atomic E-state index is -0.889. The van der Waals surface area contributed by atoms with E-state index in [9.17, 15) is 10.2 Å². The van der Waals surface area contributed by atoms with E-state index in [4.69, 9.17) is 4.42 Å². The zero-order valence-electron chi connectivity index (χ0n) is 13.9. The van der Waals surface area contributed by atoms with Crippen LogP contribution >= 0.6 is 11.8 Å². The molecular weight excluding hydrogens is 310 g/mol. The predicted octanol–water partition coefficient (Wildman–Crippen LogP) is 3.41. The molecule has 5 heteroatoms. The number of likely N-dealkylation sites (tertiary alicyclic amines) is 1. The van der Waals surface area contributed by atoms with Gasteiger partial charge in [0.1, 0.15) is 5.76 Å². The fourth-order valence-electron chi connectivity index (χ4n) is 3.63. The fourth-order valence-corrected chi connectivity index (χ4v) is 4.82. The second kappa shape index (κ2) is 8.06. The molecule has 1 saturated heterocycles. The van der Waals surface area contributed by atoms with Crippen molar-refractivity contribution in [1.82, 2.24) is 4.90 Å². The smallest absolute Gasteiger partial charge is 0.160 e. The van der Waals surface area contributed by atoms with E-state index in [0.29, 0.717) is 12.8 Å². The van der Waals surface area contributed by atoms with E-state index in [1.807, 2.05) is 11.8 Å². The highest BCUT2D eigenvalue weighted by molar-refractivity contribution is 7.99. The lowest BCUT2D eigenvalue weighted by molar-refractivity contribution is -0.0256. The van der Waals surface area contributed by atoms with E-state index >= 15 is 0 Å². The van der Waals surface area contributed by atoms with Crippen molar-refractivity contribution in [3.8, 4) is 0 Å². The van der Waals surface area contributed by atoms with Gasteiger partial charge in [-0.25, -0.2) is 0 Å². The van der Waals surface area contributed by atoms with Gasteiger partial charge in [-0.05, 0) is 50.8 Å². The van der Waals surface area contributed by atoms with Crippen molar-refractivity contribution in [1.29, 1.82) is 0 Å². The Morgan fingerprint density at radius 3 is 2.74 bits per heavy atom. The standard InChI is InChI=1S/C18H29NO3S/c20-14-18(21)9-4-11-19(12-10-18)13-15-7-8-17(22-15)23-16-5-2-1-3-6-16/h7-8,16,20-21H,1-6,9-14H2. The Balaban J connectivity index is 1.50. The van der Waals surface area contributed by atoms with Crippen LogP contribution in [0.3, 0.4) is 0 Å². The van der Waals surface area contributed by atoms with Gasteiger partial charge >= 0.3 is 0 Å². The van der Waals surface area contributed by atoms with E-state index < -0.39 is 5.60 Å². The molecule has 130 valence electrons. The van der Waals surface area contributed by atoms with Crippen LogP contribution in [0.15, 0.2) is 21.6 Å². The number of aliphatic hydroxyl groups is 2. The molecular formula is C18H29NO3S. The van der Waals surface area contributed by atoms with Gasteiger partial charge in [0.05, 0.1) is 18.8 Å². The van der Waals surface area contributed by atoms with E-state index in [-0.39, 0.29) is 6.61 Å². The lowest BCUT2D eigenvalue weighted by atomic mass is 9.96. The average Bonchev–Trinajstić information content (AvgIpc) is 2.91. The summed E-state index contributed by atoms with van der Waals surface area (Å²) in [7, 11) is 0. The molecule has 4 nitrogen and oxygen atoms in total. The Morgan fingerprint density at radius 2 is 1.96 bits per heavy atom. The Hall–Kier alpha value is -0.490. The van der Waals surface area contributed by atoms with Crippen molar-refractivity contribution in [2.24, 2.45) is 0 Å². The van der Waals surface area contributed by atoms with Gasteiger partial charge in [-0.1, -0.05) is 31.0 Å². The van der Waals surface area contributed by atoms with Gasteiger partial charge in [0.15, 0.2) is 5.09 Å². The SMILES string of the molecule is OCC1(O)CCCN(Cc2ccc(SC3CCCCC3)o2)CC1. The highest BCUT2D eigenvalue weighted by Gasteiger charge is 2.29. The highest BCUT2D eigenvalue weighted by atomic mass is 32.2. The number of aliphatic hydroxyl groups excluding tert-OH is 1. The van der Waals surface area contributed by atoms with Crippen molar-refractivity contribution in [3.05, 3.63) is 17.9 Å². The molecule has 0 radical (unpaired) electrons. The summed E-state index contributed by atoms with van der Waals surface area (Å²) >= 11 is 1.90. The Morgan fingerprint density at radius 1 is 1.13 bits per heavy atom. The second-order valence-electron chi connectivity index (χ2n) is 7.11. The van der Waals surface area contributed by atoms with Crippen molar-refractivity contribution in [3.63, 3.8) is 0 Å². The second-order valence-corrected chi connectivity index (χ2v) is 8.42. The first-order valence-electron chi connectivity index (χ1n) is 8.98. The third kappa shape index (κ3) is 4.99. The van der Waals surface area contributed by atoms with E-state index in [1.54, 1.807) is 0 Å². The molecule has 2 fully saturated rings. The summed E-state index contributed by atoms with van der Waals surface area (Å²) in [5, 5.41) is 21.3. The van der Waals surface area contributed by atoms with Crippen molar-refractivity contribution < 1.29 is 14.6 Å². The first-order valence-corrected chi connectivity index (χ1v) is 9.86. The van der Waals surface area contributed by atoms with Crippen LogP contribution in [-0.2, 0) is 6.54 Å². The van der Waals surface area contributed by atoms with Gasteiger partial charge < -0.3 is 14.6 Å². The minimum Gasteiger partial charge on any atom is -0.454 e. The van der Waals surface area contributed by atoms with Gasteiger partial charge in [-0.15, -0.1) is 0 Å². The third-order valence-corrected chi connectivity index (χ3v) is 6.41.